The van der Waals surface area contributed by atoms with Crippen LogP contribution in [-0.2, 0) is 16.0 Å². The minimum Gasteiger partial charge on any atom is -0.459 e. The number of hydrogen-bond acceptors (Lipinski definition) is 4. The average molecular weight is 369 g/mol. The zero-order chi connectivity index (χ0) is 19.1. The van der Waals surface area contributed by atoms with Gasteiger partial charge in [-0.05, 0) is 24.1 Å². The number of carbonyl (C=O) groups excluding carboxylic acids is 3. The largest absolute Gasteiger partial charge is 0.459 e. The molecule has 0 radical (unpaired) electrons. The number of piperazine rings is 1. The van der Waals surface area contributed by atoms with Crippen LogP contribution in [0.15, 0.2) is 53.1 Å². The fourth-order valence-electron chi connectivity index (χ4n) is 3.02. The number of nitrogens with one attached hydrogen (secondary N) is 1. The van der Waals surface area contributed by atoms with Gasteiger partial charge >= 0.3 is 0 Å². The third-order valence-corrected chi connectivity index (χ3v) is 4.54. The second-order valence-electron chi connectivity index (χ2n) is 6.41. The van der Waals surface area contributed by atoms with Crippen LogP contribution < -0.4 is 5.32 Å². The minimum atomic E-state index is -0.273. The van der Waals surface area contributed by atoms with Crippen LogP contribution in [0.1, 0.15) is 22.5 Å². The smallest absolute Gasteiger partial charge is 0.289 e. The Morgan fingerprint density at radius 2 is 1.63 bits per heavy atom. The van der Waals surface area contributed by atoms with Crippen molar-refractivity contribution in [2.24, 2.45) is 0 Å². The first-order valence-corrected chi connectivity index (χ1v) is 9.04. The number of benzene rings is 1. The molecule has 0 aliphatic carbocycles. The van der Waals surface area contributed by atoms with E-state index in [1.807, 2.05) is 30.3 Å². The van der Waals surface area contributed by atoms with Crippen LogP contribution in [0.25, 0.3) is 0 Å². The first kappa shape index (κ1) is 18.7. The lowest BCUT2D eigenvalue weighted by atomic mass is 10.1. The maximum absolute atomic E-state index is 12.3. The fourth-order valence-corrected chi connectivity index (χ4v) is 3.02. The molecule has 2 heterocycles. The molecular weight excluding hydrogens is 346 g/mol. The van der Waals surface area contributed by atoms with Gasteiger partial charge in [-0.25, -0.2) is 0 Å². The Balaban J connectivity index is 1.37. The van der Waals surface area contributed by atoms with Crippen molar-refractivity contribution in [1.29, 1.82) is 0 Å². The summed E-state index contributed by atoms with van der Waals surface area (Å²) in [6.07, 6.45) is 2.03. The molecule has 2 aromatic rings. The number of nitrogens with zero attached hydrogens (tertiary/aromatic N) is 2. The minimum absolute atomic E-state index is 0.166. The Kier molecular flexibility index (Phi) is 6.25. The first-order chi connectivity index (χ1) is 13.1. The van der Waals surface area contributed by atoms with E-state index < -0.39 is 0 Å². The first-order valence-electron chi connectivity index (χ1n) is 9.04. The summed E-state index contributed by atoms with van der Waals surface area (Å²) in [6.45, 7) is 2.20. The molecule has 1 fully saturated rings. The van der Waals surface area contributed by atoms with E-state index in [9.17, 15) is 14.4 Å². The van der Waals surface area contributed by atoms with Crippen molar-refractivity contribution in [2.75, 3.05) is 32.7 Å². The van der Waals surface area contributed by atoms with Crippen molar-refractivity contribution in [3.8, 4) is 0 Å². The van der Waals surface area contributed by atoms with Crippen molar-refractivity contribution in [3.63, 3.8) is 0 Å². The van der Waals surface area contributed by atoms with E-state index in [4.69, 9.17) is 4.42 Å². The van der Waals surface area contributed by atoms with Gasteiger partial charge in [-0.3, -0.25) is 14.4 Å². The molecule has 0 bridgehead atoms. The molecule has 0 atom stereocenters. The molecule has 1 aromatic carbocycles. The summed E-state index contributed by atoms with van der Waals surface area (Å²) >= 11 is 0. The summed E-state index contributed by atoms with van der Waals surface area (Å²) in [7, 11) is 0. The molecule has 7 nitrogen and oxygen atoms in total. The third-order valence-electron chi connectivity index (χ3n) is 4.54. The molecule has 0 unspecified atom stereocenters. The van der Waals surface area contributed by atoms with Crippen LogP contribution >= 0.6 is 0 Å². The predicted molar refractivity (Wildman–Crippen MR) is 99.0 cm³/mol. The molecule has 1 N–H and O–H groups in total. The van der Waals surface area contributed by atoms with Crippen molar-refractivity contribution in [2.45, 2.75) is 12.8 Å². The van der Waals surface area contributed by atoms with Gasteiger partial charge in [0.25, 0.3) is 5.91 Å². The summed E-state index contributed by atoms with van der Waals surface area (Å²) in [6, 6.07) is 13.2. The number of carbonyl (C=O) groups is 3. The average Bonchev–Trinajstić information content (AvgIpc) is 3.23. The van der Waals surface area contributed by atoms with Gasteiger partial charge in [0.2, 0.25) is 11.8 Å². The van der Waals surface area contributed by atoms with Crippen molar-refractivity contribution < 1.29 is 18.8 Å². The normalized spacial score (nSPS) is 14.1. The molecule has 0 saturated carbocycles. The number of amides is 3. The van der Waals surface area contributed by atoms with Gasteiger partial charge in [0, 0.05) is 32.7 Å². The molecule has 1 aliphatic heterocycles. The van der Waals surface area contributed by atoms with E-state index in [1.165, 1.54) is 6.26 Å². The lowest BCUT2D eigenvalue weighted by Crippen LogP contribution is -2.51. The Labute approximate surface area is 157 Å². The molecule has 1 saturated heterocycles. The molecule has 142 valence electrons. The molecule has 7 heteroatoms. The summed E-state index contributed by atoms with van der Waals surface area (Å²) in [5.41, 5.74) is 1.14. The Hall–Kier alpha value is -3.09. The third kappa shape index (κ3) is 5.20. The lowest BCUT2D eigenvalue weighted by molar-refractivity contribution is -0.137. The van der Waals surface area contributed by atoms with E-state index in [0.717, 1.165) is 12.0 Å². The Bertz CT molecular complexity index is 766. The highest BCUT2D eigenvalue weighted by atomic mass is 16.3. The second-order valence-corrected chi connectivity index (χ2v) is 6.41. The maximum atomic E-state index is 12.3. The summed E-state index contributed by atoms with van der Waals surface area (Å²) in [5, 5.41) is 2.78. The van der Waals surface area contributed by atoms with E-state index in [1.54, 1.807) is 21.9 Å². The number of hydrogen-bond donors (Lipinski definition) is 1. The number of rotatable bonds is 6. The second kappa shape index (κ2) is 9.02. The van der Waals surface area contributed by atoms with Gasteiger partial charge in [-0.1, -0.05) is 30.3 Å². The fraction of sp³-hybridized carbons (Fsp3) is 0.350. The zero-order valence-electron chi connectivity index (χ0n) is 15.1. The SMILES string of the molecule is O=C(CC(=O)N1CCN(C(=O)c2ccco2)CC1)NCCc1ccccc1. The molecular formula is C20H23N3O4. The molecule has 27 heavy (non-hydrogen) atoms. The summed E-state index contributed by atoms with van der Waals surface area (Å²) < 4.78 is 5.12. The van der Waals surface area contributed by atoms with Crippen LogP contribution in [0.4, 0.5) is 0 Å². The highest BCUT2D eigenvalue weighted by molar-refractivity contribution is 5.97. The van der Waals surface area contributed by atoms with Gasteiger partial charge < -0.3 is 19.5 Å². The summed E-state index contributed by atoms with van der Waals surface area (Å²) in [5.74, 6) is -0.361. The van der Waals surface area contributed by atoms with Gasteiger partial charge in [-0.15, -0.1) is 0 Å². The van der Waals surface area contributed by atoms with E-state index in [0.29, 0.717) is 38.5 Å². The van der Waals surface area contributed by atoms with Crippen molar-refractivity contribution in [3.05, 3.63) is 60.1 Å². The Morgan fingerprint density at radius 1 is 0.926 bits per heavy atom. The van der Waals surface area contributed by atoms with Crippen LogP contribution in [0.5, 0.6) is 0 Å². The van der Waals surface area contributed by atoms with Crippen LogP contribution in [-0.4, -0.2) is 60.2 Å². The van der Waals surface area contributed by atoms with Crippen LogP contribution in [0.2, 0.25) is 0 Å². The van der Waals surface area contributed by atoms with Crippen molar-refractivity contribution >= 4 is 17.7 Å². The standard InChI is InChI=1S/C20H23N3O4/c24-18(21-9-8-16-5-2-1-3-6-16)15-19(25)22-10-12-23(13-11-22)20(26)17-7-4-14-27-17/h1-7,14H,8-13,15H2,(H,21,24). The van der Waals surface area contributed by atoms with Crippen LogP contribution in [0.3, 0.4) is 0 Å². The van der Waals surface area contributed by atoms with Gasteiger partial charge in [-0.2, -0.15) is 0 Å². The topological polar surface area (TPSA) is 82.9 Å². The highest BCUT2D eigenvalue weighted by Gasteiger charge is 2.26. The van der Waals surface area contributed by atoms with E-state index in [-0.39, 0.29) is 24.1 Å². The molecule has 3 rings (SSSR count). The van der Waals surface area contributed by atoms with Gasteiger partial charge in [0.05, 0.1) is 6.26 Å². The van der Waals surface area contributed by atoms with E-state index in [2.05, 4.69) is 5.32 Å². The van der Waals surface area contributed by atoms with Crippen molar-refractivity contribution in [1.82, 2.24) is 15.1 Å². The molecule has 3 amide bonds. The highest BCUT2D eigenvalue weighted by Crippen LogP contribution is 2.10. The van der Waals surface area contributed by atoms with Gasteiger partial charge in [0.15, 0.2) is 5.76 Å². The quantitative estimate of drug-likeness (QED) is 0.779. The predicted octanol–water partition coefficient (Wildman–Crippen LogP) is 1.31. The molecule has 1 aromatic heterocycles. The maximum Gasteiger partial charge on any atom is 0.289 e. The number of furan rings is 1. The van der Waals surface area contributed by atoms with E-state index >= 15 is 0 Å². The monoisotopic (exact) mass is 369 g/mol. The van der Waals surface area contributed by atoms with Crippen LogP contribution in [0, 0.1) is 0 Å². The zero-order valence-corrected chi connectivity index (χ0v) is 15.1. The lowest BCUT2D eigenvalue weighted by Gasteiger charge is -2.34. The molecule has 1 aliphatic rings. The van der Waals surface area contributed by atoms with Gasteiger partial charge in [0.1, 0.15) is 6.42 Å². The molecule has 0 spiro atoms. The Morgan fingerprint density at radius 3 is 2.30 bits per heavy atom. The summed E-state index contributed by atoms with van der Waals surface area (Å²) in [4.78, 5) is 39.8.